The van der Waals surface area contributed by atoms with Gasteiger partial charge in [-0.3, -0.25) is 4.79 Å². The summed E-state index contributed by atoms with van der Waals surface area (Å²) in [5, 5.41) is 11.2. The average Bonchev–Trinajstić information content (AvgIpc) is 3.21. The number of nitrogens with one attached hydrogen (secondary N) is 1. The minimum atomic E-state index is -3.73. The number of rotatable bonds is 6. The SMILES string of the molecule is Cc1cccc(CNC(=O)C2CCCN(S(=O)(=O)c3ccc4c(c3)nnn4C(C)C)C2)c1. The van der Waals surface area contributed by atoms with Gasteiger partial charge in [0.15, 0.2) is 0 Å². The number of aromatic nitrogens is 3. The minimum absolute atomic E-state index is 0.110. The number of hydrogen-bond donors (Lipinski definition) is 1. The molecule has 1 atom stereocenters. The second kappa shape index (κ2) is 8.99. The second-order valence-corrected chi connectivity index (χ2v) is 10.6. The van der Waals surface area contributed by atoms with E-state index in [-0.39, 0.29) is 29.3 Å². The standard InChI is InChI=1S/C23H29N5O3S/c1-16(2)28-22-10-9-20(13-21(22)25-26-28)32(30,31)27-11-5-8-19(15-27)23(29)24-14-18-7-4-6-17(3)12-18/h4,6-7,9-10,12-13,16,19H,5,8,11,14-15H2,1-3H3,(H,24,29). The zero-order valence-electron chi connectivity index (χ0n) is 18.7. The molecule has 1 fully saturated rings. The molecule has 1 saturated heterocycles. The summed E-state index contributed by atoms with van der Waals surface area (Å²) in [5.41, 5.74) is 3.51. The molecule has 3 aromatic rings. The van der Waals surface area contributed by atoms with Crippen LogP contribution in [0.5, 0.6) is 0 Å². The lowest BCUT2D eigenvalue weighted by Gasteiger charge is -2.31. The van der Waals surface area contributed by atoms with Gasteiger partial charge in [0.2, 0.25) is 15.9 Å². The van der Waals surface area contributed by atoms with Crippen molar-refractivity contribution in [2.45, 2.75) is 51.1 Å². The van der Waals surface area contributed by atoms with E-state index in [1.807, 2.05) is 45.0 Å². The maximum absolute atomic E-state index is 13.3. The molecule has 170 valence electrons. The van der Waals surface area contributed by atoms with Crippen LogP contribution >= 0.6 is 0 Å². The van der Waals surface area contributed by atoms with Crippen molar-refractivity contribution in [3.05, 3.63) is 53.6 Å². The zero-order valence-corrected chi connectivity index (χ0v) is 19.5. The first-order valence-corrected chi connectivity index (χ1v) is 12.4. The predicted octanol–water partition coefficient (Wildman–Crippen LogP) is 3.04. The molecule has 0 saturated carbocycles. The molecule has 8 nitrogen and oxygen atoms in total. The van der Waals surface area contributed by atoms with Gasteiger partial charge in [0.05, 0.1) is 16.3 Å². The monoisotopic (exact) mass is 455 g/mol. The van der Waals surface area contributed by atoms with E-state index in [0.717, 1.165) is 16.6 Å². The third kappa shape index (κ3) is 4.54. The lowest BCUT2D eigenvalue weighted by Crippen LogP contribution is -2.45. The Balaban J connectivity index is 1.47. The lowest BCUT2D eigenvalue weighted by atomic mass is 9.98. The molecule has 4 rings (SSSR count). The Morgan fingerprint density at radius 3 is 2.78 bits per heavy atom. The highest BCUT2D eigenvalue weighted by atomic mass is 32.2. The molecule has 0 aliphatic carbocycles. The van der Waals surface area contributed by atoms with Gasteiger partial charge in [-0.2, -0.15) is 4.31 Å². The quantitative estimate of drug-likeness (QED) is 0.616. The first-order chi connectivity index (χ1) is 15.3. The molecule has 1 N–H and O–H groups in total. The topological polar surface area (TPSA) is 97.2 Å². The Kier molecular flexibility index (Phi) is 6.30. The van der Waals surface area contributed by atoms with Gasteiger partial charge >= 0.3 is 0 Å². The van der Waals surface area contributed by atoms with E-state index >= 15 is 0 Å². The Labute approximate surface area is 188 Å². The normalized spacial score (nSPS) is 17.7. The van der Waals surface area contributed by atoms with Crippen LogP contribution in [0, 0.1) is 12.8 Å². The first kappa shape index (κ1) is 22.4. The van der Waals surface area contributed by atoms with Gasteiger partial charge in [0.25, 0.3) is 0 Å². The van der Waals surface area contributed by atoms with Crippen LogP contribution < -0.4 is 5.32 Å². The molecule has 32 heavy (non-hydrogen) atoms. The van der Waals surface area contributed by atoms with Crippen LogP contribution in [-0.2, 0) is 21.4 Å². The van der Waals surface area contributed by atoms with Gasteiger partial charge in [-0.05, 0) is 57.4 Å². The summed E-state index contributed by atoms with van der Waals surface area (Å²) in [6, 6.07) is 13.0. The molecule has 1 aromatic heterocycles. The molecule has 1 unspecified atom stereocenters. The molecule has 9 heteroatoms. The number of amides is 1. The summed E-state index contributed by atoms with van der Waals surface area (Å²) < 4.78 is 29.8. The van der Waals surface area contributed by atoms with E-state index in [2.05, 4.69) is 15.6 Å². The van der Waals surface area contributed by atoms with E-state index in [9.17, 15) is 13.2 Å². The van der Waals surface area contributed by atoms with Gasteiger partial charge in [0, 0.05) is 25.7 Å². The van der Waals surface area contributed by atoms with Crippen LogP contribution in [0.2, 0.25) is 0 Å². The first-order valence-electron chi connectivity index (χ1n) is 10.9. The van der Waals surface area contributed by atoms with Gasteiger partial charge in [-0.15, -0.1) is 5.10 Å². The third-order valence-corrected chi connectivity index (χ3v) is 7.73. The Hall–Kier alpha value is -2.78. The fourth-order valence-electron chi connectivity index (χ4n) is 4.14. The maximum Gasteiger partial charge on any atom is 0.243 e. The Morgan fingerprint density at radius 2 is 2.03 bits per heavy atom. The number of carbonyl (C=O) groups excluding carboxylic acids is 1. The number of benzene rings is 2. The van der Waals surface area contributed by atoms with Crippen LogP contribution in [0.4, 0.5) is 0 Å². The Morgan fingerprint density at radius 1 is 1.22 bits per heavy atom. The van der Waals surface area contributed by atoms with Crippen molar-refractivity contribution in [2.75, 3.05) is 13.1 Å². The van der Waals surface area contributed by atoms with E-state index in [1.54, 1.807) is 22.9 Å². The molecular formula is C23H29N5O3S. The summed E-state index contributed by atoms with van der Waals surface area (Å²) in [5.74, 6) is -0.476. The molecule has 0 spiro atoms. The smallest absolute Gasteiger partial charge is 0.243 e. The molecule has 2 aromatic carbocycles. The van der Waals surface area contributed by atoms with Crippen molar-refractivity contribution >= 4 is 27.0 Å². The zero-order chi connectivity index (χ0) is 22.9. The second-order valence-electron chi connectivity index (χ2n) is 8.69. The van der Waals surface area contributed by atoms with Crippen molar-refractivity contribution in [3.63, 3.8) is 0 Å². The maximum atomic E-state index is 13.3. The van der Waals surface area contributed by atoms with Crippen molar-refractivity contribution in [1.82, 2.24) is 24.6 Å². The van der Waals surface area contributed by atoms with E-state index in [1.165, 1.54) is 4.31 Å². The summed E-state index contributed by atoms with van der Waals surface area (Å²) in [6.07, 6.45) is 1.32. The largest absolute Gasteiger partial charge is 0.352 e. The van der Waals surface area contributed by atoms with Crippen molar-refractivity contribution in [2.24, 2.45) is 5.92 Å². The number of nitrogens with zero attached hydrogens (tertiary/aromatic N) is 4. The van der Waals surface area contributed by atoms with E-state index < -0.39 is 10.0 Å². The van der Waals surface area contributed by atoms with Crippen molar-refractivity contribution in [1.29, 1.82) is 0 Å². The number of fused-ring (bicyclic) bond motifs is 1. The molecule has 0 radical (unpaired) electrons. The average molecular weight is 456 g/mol. The minimum Gasteiger partial charge on any atom is -0.352 e. The number of piperidine rings is 1. The fourth-order valence-corrected chi connectivity index (χ4v) is 5.69. The van der Waals surface area contributed by atoms with Gasteiger partial charge in [0.1, 0.15) is 5.52 Å². The highest BCUT2D eigenvalue weighted by Gasteiger charge is 2.33. The molecule has 1 aliphatic rings. The third-order valence-electron chi connectivity index (χ3n) is 5.87. The summed E-state index contributed by atoms with van der Waals surface area (Å²) in [6.45, 7) is 7.02. The lowest BCUT2D eigenvalue weighted by molar-refractivity contribution is -0.126. The van der Waals surface area contributed by atoms with Crippen LogP contribution in [-0.4, -0.2) is 46.7 Å². The van der Waals surface area contributed by atoms with Gasteiger partial charge in [-0.1, -0.05) is 35.0 Å². The predicted molar refractivity (Wildman–Crippen MR) is 122 cm³/mol. The summed E-state index contributed by atoms with van der Waals surface area (Å²) in [4.78, 5) is 12.9. The number of hydrogen-bond acceptors (Lipinski definition) is 5. The van der Waals surface area contributed by atoms with Crippen LogP contribution in [0.25, 0.3) is 11.0 Å². The van der Waals surface area contributed by atoms with Crippen LogP contribution in [0.15, 0.2) is 47.4 Å². The van der Waals surface area contributed by atoms with E-state index in [4.69, 9.17) is 0 Å². The molecule has 2 heterocycles. The number of carbonyl (C=O) groups is 1. The molecule has 1 aliphatic heterocycles. The molecule has 0 bridgehead atoms. The van der Waals surface area contributed by atoms with Gasteiger partial charge < -0.3 is 5.32 Å². The Bertz CT molecular complexity index is 1240. The highest BCUT2D eigenvalue weighted by Crippen LogP contribution is 2.26. The fraction of sp³-hybridized carbons (Fsp3) is 0.435. The van der Waals surface area contributed by atoms with Crippen molar-refractivity contribution < 1.29 is 13.2 Å². The van der Waals surface area contributed by atoms with Crippen LogP contribution in [0.3, 0.4) is 0 Å². The molecule has 1 amide bonds. The number of sulfonamides is 1. The van der Waals surface area contributed by atoms with E-state index in [0.29, 0.717) is 31.4 Å². The highest BCUT2D eigenvalue weighted by molar-refractivity contribution is 7.89. The number of aryl methyl sites for hydroxylation is 1. The van der Waals surface area contributed by atoms with Gasteiger partial charge in [-0.25, -0.2) is 13.1 Å². The summed E-state index contributed by atoms with van der Waals surface area (Å²) in [7, 11) is -3.73. The summed E-state index contributed by atoms with van der Waals surface area (Å²) >= 11 is 0. The molecular weight excluding hydrogens is 426 g/mol. The van der Waals surface area contributed by atoms with Crippen molar-refractivity contribution in [3.8, 4) is 0 Å². The van der Waals surface area contributed by atoms with Crippen LogP contribution in [0.1, 0.15) is 43.9 Å².